The van der Waals surface area contributed by atoms with Gasteiger partial charge in [0.1, 0.15) is 28.8 Å². The number of rotatable bonds is 5. The van der Waals surface area contributed by atoms with Crippen molar-refractivity contribution >= 4 is 11.7 Å². The Bertz CT molecular complexity index is 1150. The van der Waals surface area contributed by atoms with E-state index in [2.05, 4.69) is 4.98 Å². The number of alkyl halides is 3. The molecule has 10 heteroatoms. The number of nitrogens with two attached hydrogens (primary N) is 1. The molecular weight excluding hydrogens is 449 g/mol. The fourth-order valence-corrected chi connectivity index (χ4v) is 4.18. The number of carbonyl (C=O) groups is 1. The van der Waals surface area contributed by atoms with Crippen LogP contribution in [0.3, 0.4) is 0 Å². The van der Waals surface area contributed by atoms with Crippen LogP contribution in [-0.4, -0.2) is 40.6 Å². The lowest BCUT2D eigenvalue weighted by molar-refractivity contribution is -0.137. The molecule has 0 aliphatic carbocycles. The first kappa shape index (κ1) is 23.5. The summed E-state index contributed by atoms with van der Waals surface area (Å²) < 4.78 is 51.0. The molecule has 0 spiro atoms. The number of nitrogen functional groups attached to an aromatic ring is 1. The number of benzene rings is 1. The first-order valence-corrected chi connectivity index (χ1v) is 10.8. The fraction of sp³-hybridized carbons (Fsp3) is 0.333. The van der Waals surface area contributed by atoms with Crippen molar-refractivity contribution in [3.05, 3.63) is 65.6 Å². The Morgan fingerprint density at radius 1 is 1.09 bits per heavy atom. The van der Waals surface area contributed by atoms with E-state index in [0.29, 0.717) is 24.7 Å². The zero-order valence-electron chi connectivity index (χ0n) is 18.8. The van der Waals surface area contributed by atoms with Gasteiger partial charge >= 0.3 is 6.18 Å². The number of hydrogen-bond acceptors (Lipinski definition) is 5. The summed E-state index contributed by atoms with van der Waals surface area (Å²) in [6.07, 6.45) is -1.48. The predicted octanol–water partition coefficient (Wildman–Crippen LogP) is 4.84. The molecule has 0 saturated carbocycles. The fourth-order valence-electron chi connectivity index (χ4n) is 4.18. The van der Waals surface area contributed by atoms with E-state index in [1.165, 1.54) is 18.3 Å². The van der Waals surface area contributed by atoms with E-state index in [1.807, 2.05) is 17.7 Å². The van der Waals surface area contributed by atoms with Gasteiger partial charge in [-0.1, -0.05) is 0 Å². The maximum atomic E-state index is 12.9. The van der Waals surface area contributed by atoms with Crippen LogP contribution < -0.4 is 15.2 Å². The summed E-state index contributed by atoms with van der Waals surface area (Å²) >= 11 is 0. The number of pyridine rings is 1. The van der Waals surface area contributed by atoms with Gasteiger partial charge < -0.3 is 24.7 Å². The summed E-state index contributed by atoms with van der Waals surface area (Å²) in [6, 6.07) is 9.30. The van der Waals surface area contributed by atoms with Crippen molar-refractivity contribution in [2.24, 2.45) is 7.05 Å². The monoisotopic (exact) mass is 474 g/mol. The molecule has 2 aromatic heterocycles. The molecule has 2 N–H and O–H groups in total. The Hall–Kier alpha value is -3.69. The lowest BCUT2D eigenvalue weighted by Gasteiger charge is -2.32. The molecule has 0 unspecified atom stereocenters. The smallest absolute Gasteiger partial charge is 0.416 e. The summed E-state index contributed by atoms with van der Waals surface area (Å²) in [4.78, 5) is 18.9. The van der Waals surface area contributed by atoms with Crippen molar-refractivity contribution < 1.29 is 27.4 Å². The van der Waals surface area contributed by atoms with Gasteiger partial charge in [-0.15, -0.1) is 0 Å². The zero-order valence-corrected chi connectivity index (χ0v) is 18.8. The molecule has 3 aromatic rings. The van der Waals surface area contributed by atoms with E-state index in [9.17, 15) is 18.0 Å². The summed E-state index contributed by atoms with van der Waals surface area (Å²) in [5, 5.41) is 0. The van der Waals surface area contributed by atoms with E-state index in [1.54, 1.807) is 24.1 Å². The third-order valence-electron chi connectivity index (χ3n) is 6.04. The largest absolute Gasteiger partial charge is 0.495 e. The van der Waals surface area contributed by atoms with Crippen LogP contribution in [-0.2, 0) is 13.2 Å². The number of halogens is 3. The number of nitrogens with zero attached hydrogens (tertiary/aromatic N) is 3. The van der Waals surface area contributed by atoms with Gasteiger partial charge in [0.2, 0.25) is 0 Å². The second kappa shape index (κ2) is 9.28. The lowest BCUT2D eigenvalue weighted by Crippen LogP contribution is -2.38. The molecular formula is C24H25F3N4O3. The second-order valence-electron chi connectivity index (χ2n) is 8.15. The molecule has 0 atom stereocenters. The van der Waals surface area contributed by atoms with Crippen LogP contribution in [0.25, 0.3) is 0 Å². The Labute approximate surface area is 194 Å². The van der Waals surface area contributed by atoms with Gasteiger partial charge in [0, 0.05) is 32.1 Å². The molecule has 34 heavy (non-hydrogen) atoms. The minimum atomic E-state index is -4.41. The highest BCUT2D eigenvalue weighted by atomic mass is 19.4. The van der Waals surface area contributed by atoms with Crippen LogP contribution in [0.4, 0.5) is 19.0 Å². The van der Waals surface area contributed by atoms with Crippen LogP contribution in [0, 0.1) is 0 Å². The molecule has 1 fully saturated rings. The van der Waals surface area contributed by atoms with Gasteiger partial charge in [-0.3, -0.25) is 4.79 Å². The number of amides is 1. The number of piperidine rings is 1. The van der Waals surface area contributed by atoms with Gasteiger partial charge in [0.15, 0.2) is 0 Å². The first-order chi connectivity index (χ1) is 16.2. The Morgan fingerprint density at radius 3 is 2.29 bits per heavy atom. The number of aromatic nitrogens is 2. The minimum Gasteiger partial charge on any atom is -0.495 e. The Balaban J connectivity index is 1.36. The second-order valence-corrected chi connectivity index (χ2v) is 8.15. The van der Waals surface area contributed by atoms with Gasteiger partial charge in [0.05, 0.1) is 24.6 Å². The number of methoxy groups -OCH3 is 1. The molecule has 0 radical (unpaired) electrons. The Kier molecular flexibility index (Phi) is 6.41. The van der Waals surface area contributed by atoms with Crippen molar-refractivity contribution in [1.82, 2.24) is 14.5 Å². The third kappa shape index (κ3) is 4.80. The maximum absolute atomic E-state index is 12.9. The molecule has 7 nitrogen and oxygen atoms in total. The quantitative estimate of drug-likeness (QED) is 0.572. The molecule has 1 aliphatic heterocycles. The zero-order chi connectivity index (χ0) is 24.5. The molecule has 0 bridgehead atoms. The Morgan fingerprint density at radius 2 is 1.74 bits per heavy atom. The highest BCUT2D eigenvalue weighted by Crippen LogP contribution is 2.37. The van der Waals surface area contributed by atoms with E-state index >= 15 is 0 Å². The SMILES string of the molecule is COc1cc(N)n(C)c1C1CCN(C(=O)c2ccc(Oc3ccc(C(F)(F)F)cc3)cn2)CC1. The predicted molar refractivity (Wildman–Crippen MR) is 120 cm³/mol. The van der Waals surface area contributed by atoms with Gasteiger partial charge in [0.25, 0.3) is 5.91 Å². The van der Waals surface area contributed by atoms with Gasteiger partial charge in [-0.05, 0) is 49.2 Å². The topological polar surface area (TPSA) is 82.6 Å². The highest BCUT2D eigenvalue weighted by molar-refractivity contribution is 5.92. The number of anilines is 1. The van der Waals surface area contributed by atoms with Crippen LogP contribution in [0.2, 0.25) is 0 Å². The lowest BCUT2D eigenvalue weighted by atomic mass is 9.92. The highest BCUT2D eigenvalue weighted by Gasteiger charge is 2.30. The van der Waals surface area contributed by atoms with Gasteiger partial charge in [-0.2, -0.15) is 13.2 Å². The van der Waals surface area contributed by atoms with Crippen LogP contribution in [0.15, 0.2) is 48.7 Å². The normalized spacial score (nSPS) is 14.8. The molecule has 1 amide bonds. The van der Waals surface area contributed by atoms with E-state index in [0.717, 1.165) is 36.4 Å². The summed E-state index contributed by atoms with van der Waals surface area (Å²) in [5.41, 5.74) is 6.58. The number of likely N-dealkylation sites (tertiary alicyclic amines) is 1. The molecule has 4 rings (SSSR count). The average Bonchev–Trinajstić information content (AvgIpc) is 3.12. The maximum Gasteiger partial charge on any atom is 0.416 e. The number of hydrogen-bond donors (Lipinski definition) is 1. The minimum absolute atomic E-state index is 0.183. The third-order valence-corrected chi connectivity index (χ3v) is 6.04. The van der Waals surface area contributed by atoms with Crippen molar-refractivity contribution in [3.63, 3.8) is 0 Å². The number of ether oxygens (including phenoxy) is 2. The average molecular weight is 474 g/mol. The van der Waals surface area contributed by atoms with Crippen LogP contribution >= 0.6 is 0 Å². The first-order valence-electron chi connectivity index (χ1n) is 10.8. The van der Waals surface area contributed by atoms with Crippen molar-refractivity contribution in [3.8, 4) is 17.2 Å². The van der Waals surface area contributed by atoms with E-state index < -0.39 is 11.7 Å². The molecule has 180 valence electrons. The van der Waals surface area contributed by atoms with Crippen LogP contribution in [0.1, 0.15) is 40.5 Å². The van der Waals surface area contributed by atoms with E-state index in [4.69, 9.17) is 15.2 Å². The standard InChI is InChI=1S/C24H25F3N4O3/c1-30-21(28)13-20(33-2)22(30)15-9-11-31(12-10-15)23(32)19-8-7-18(14-29-19)34-17-5-3-16(4-6-17)24(25,26)27/h3-8,13-15H,9-12,28H2,1-2H3. The van der Waals surface area contributed by atoms with Crippen molar-refractivity contribution in [2.75, 3.05) is 25.9 Å². The molecule has 1 saturated heterocycles. The van der Waals surface area contributed by atoms with Crippen LogP contribution in [0.5, 0.6) is 17.2 Å². The summed E-state index contributed by atoms with van der Waals surface area (Å²) in [5.74, 6) is 2.01. The van der Waals surface area contributed by atoms with Crippen molar-refractivity contribution in [2.45, 2.75) is 24.9 Å². The molecule has 1 aliphatic rings. The molecule has 3 heterocycles. The molecule has 1 aromatic carbocycles. The summed E-state index contributed by atoms with van der Waals surface area (Å²) in [7, 11) is 3.52. The number of carbonyl (C=O) groups excluding carboxylic acids is 1. The van der Waals surface area contributed by atoms with Gasteiger partial charge in [-0.25, -0.2) is 4.98 Å². The van der Waals surface area contributed by atoms with Crippen molar-refractivity contribution in [1.29, 1.82) is 0 Å². The van der Waals surface area contributed by atoms with E-state index in [-0.39, 0.29) is 23.3 Å². The summed E-state index contributed by atoms with van der Waals surface area (Å²) in [6.45, 7) is 1.15.